The SMILES string of the molecule is COc1cc(/C=N/NC(=O)c2cccc(-n3c(C)ccc3C)c2)c(Br)cc1OCc1ccc(F)cc1. The van der Waals surface area contributed by atoms with Crippen molar-refractivity contribution in [2.45, 2.75) is 20.5 Å². The summed E-state index contributed by atoms with van der Waals surface area (Å²) in [4.78, 5) is 12.7. The molecule has 0 spiro atoms. The van der Waals surface area contributed by atoms with Gasteiger partial charge in [-0.1, -0.05) is 18.2 Å². The molecule has 0 unspecified atom stereocenters. The number of ether oxygens (including phenoxy) is 2. The highest BCUT2D eigenvalue weighted by Gasteiger charge is 2.11. The predicted octanol–water partition coefficient (Wildman–Crippen LogP) is 6.35. The first kappa shape index (κ1) is 25.2. The highest BCUT2D eigenvalue weighted by Crippen LogP contribution is 2.33. The van der Waals surface area contributed by atoms with Crippen LogP contribution in [0.3, 0.4) is 0 Å². The predicted molar refractivity (Wildman–Crippen MR) is 142 cm³/mol. The summed E-state index contributed by atoms with van der Waals surface area (Å²) < 4.78 is 27.2. The molecule has 4 aromatic rings. The Morgan fingerprint density at radius 2 is 1.75 bits per heavy atom. The Bertz CT molecular complexity index is 1390. The van der Waals surface area contributed by atoms with Gasteiger partial charge in [-0.3, -0.25) is 4.79 Å². The fraction of sp³-hybridized carbons (Fsp3) is 0.143. The average molecular weight is 550 g/mol. The molecular formula is C28H25BrFN3O3. The molecule has 0 radical (unpaired) electrons. The van der Waals surface area contributed by atoms with Crippen LogP contribution in [-0.2, 0) is 6.61 Å². The minimum atomic E-state index is -0.321. The van der Waals surface area contributed by atoms with Crippen LogP contribution in [0.5, 0.6) is 11.5 Å². The van der Waals surface area contributed by atoms with Crippen LogP contribution in [-0.4, -0.2) is 23.8 Å². The van der Waals surface area contributed by atoms with Gasteiger partial charge in [-0.05, 0) is 89.9 Å². The lowest BCUT2D eigenvalue weighted by molar-refractivity contribution is 0.0955. The van der Waals surface area contributed by atoms with E-state index in [0.717, 1.165) is 22.6 Å². The second-order valence-corrected chi connectivity index (χ2v) is 9.00. The molecule has 36 heavy (non-hydrogen) atoms. The van der Waals surface area contributed by atoms with E-state index in [4.69, 9.17) is 9.47 Å². The third-order valence-electron chi connectivity index (χ3n) is 5.60. The maximum atomic E-state index is 13.1. The number of benzene rings is 3. The van der Waals surface area contributed by atoms with Crippen molar-refractivity contribution < 1.29 is 18.7 Å². The topological polar surface area (TPSA) is 64.8 Å². The van der Waals surface area contributed by atoms with Crippen LogP contribution in [0.1, 0.15) is 32.9 Å². The van der Waals surface area contributed by atoms with E-state index in [1.165, 1.54) is 25.5 Å². The van der Waals surface area contributed by atoms with Crippen LogP contribution in [0.2, 0.25) is 0 Å². The molecule has 1 heterocycles. The van der Waals surface area contributed by atoms with Gasteiger partial charge in [0.05, 0.1) is 13.3 Å². The van der Waals surface area contributed by atoms with E-state index >= 15 is 0 Å². The third-order valence-corrected chi connectivity index (χ3v) is 6.28. The Kier molecular flexibility index (Phi) is 7.85. The zero-order chi connectivity index (χ0) is 25.7. The molecule has 0 atom stereocenters. The molecule has 0 bridgehead atoms. The van der Waals surface area contributed by atoms with Gasteiger partial charge >= 0.3 is 0 Å². The molecule has 0 aliphatic rings. The van der Waals surface area contributed by atoms with Crippen molar-refractivity contribution in [1.29, 1.82) is 0 Å². The molecule has 1 N–H and O–H groups in total. The number of hydrazone groups is 1. The van der Waals surface area contributed by atoms with Gasteiger partial charge in [0.1, 0.15) is 12.4 Å². The monoisotopic (exact) mass is 549 g/mol. The van der Waals surface area contributed by atoms with Gasteiger partial charge in [0.25, 0.3) is 5.91 Å². The number of aromatic nitrogens is 1. The van der Waals surface area contributed by atoms with Gasteiger partial charge in [-0.2, -0.15) is 5.10 Å². The number of halogens is 2. The minimum Gasteiger partial charge on any atom is -0.493 e. The zero-order valence-corrected chi connectivity index (χ0v) is 21.7. The first-order chi connectivity index (χ1) is 17.4. The maximum Gasteiger partial charge on any atom is 0.271 e. The van der Waals surface area contributed by atoms with Crippen molar-refractivity contribution in [1.82, 2.24) is 9.99 Å². The highest BCUT2D eigenvalue weighted by molar-refractivity contribution is 9.10. The fourth-order valence-corrected chi connectivity index (χ4v) is 4.18. The standard InChI is InChI=1S/C28H25BrFN3O3/c1-18-7-8-19(2)33(18)24-6-4-5-21(13-24)28(34)32-31-16-22-14-26(35-3)27(15-25(22)29)36-17-20-9-11-23(30)12-10-20/h4-16H,17H2,1-3H3,(H,32,34)/b31-16+. The molecular weight excluding hydrogens is 525 g/mol. The molecule has 0 fully saturated rings. The van der Waals surface area contributed by atoms with E-state index < -0.39 is 0 Å². The van der Waals surface area contributed by atoms with E-state index in [1.807, 2.05) is 44.2 Å². The van der Waals surface area contributed by atoms with E-state index in [0.29, 0.717) is 27.1 Å². The van der Waals surface area contributed by atoms with Crippen LogP contribution >= 0.6 is 15.9 Å². The number of hydrogen-bond acceptors (Lipinski definition) is 4. The van der Waals surface area contributed by atoms with Crippen LogP contribution in [0, 0.1) is 19.7 Å². The van der Waals surface area contributed by atoms with Crippen LogP contribution in [0.15, 0.2) is 82.4 Å². The highest BCUT2D eigenvalue weighted by atomic mass is 79.9. The summed E-state index contributed by atoms with van der Waals surface area (Å²) in [7, 11) is 1.54. The van der Waals surface area contributed by atoms with Gasteiger partial charge in [-0.15, -0.1) is 0 Å². The summed E-state index contributed by atoms with van der Waals surface area (Å²) in [5, 5.41) is 4.12. The van der Waals surface area contributed by atoms with Gasteiger partial charge < -0.3 is 14.0 Å². The van der Waals surface area contributed by atoms with Gasteiger partial charge in [0.2, 0.25) is 0 Å². The normalized spacial score (nSPS) is 11.0. The fourth-order valence-electron chi connectivity index (χ4n) is 3.75. The average Bonchev–Trinajstić information content (AvgIpc) is 3.22. The molecule has 1 aromatic heterocycles. The van der Waals surface area contributed by atoms with Crippen molar-refractivity contribution >= 4 is 28.1 Å². The quantitative estimate of drug-likeness (QED) is 0.206. The Labute approximate surface area is 217 Å². The Balaban J connectivity index is 1.45. The number of amides is 1. The second kappa shape index (κ2) is 11.2. The smallest absolute Gasteiger partial charge is 0.271 e. The third kappa shape index (κ3) is 5.83. The zero-order valence-electron chi connectivity index (χ0n) is 20.1. The lowest BCUT2D eigenvalue weighted by Crippen LogP contribution is -2.18. The molecule has 6 nitrogen and oxygen atoms in total. The number of methoxy groups -OCH3 is 1. The number of hydrogen-bond donors (Lipinski definition) is 1. The summed E-state index contributed by atoms with van der Waals surface area (Å²) in [5.74, 6) is 0.395. The van der Waals surface area contributed by atoms with E-state index in [-0.39, 0.29) is 18.3 Å². The molecule has 1 amide bonds. The van der Waals surface area contributed by atoms with Crippen molar-refractivity contribution in [3.05, 3.63) is 111 Å². The van der Waals surface area contributed by atoms with Crippen LogP contribution in [0.25, 0.3) is 5.69 Å². The molecule has 184 valence electrons. The summed E-state index contributed by atoms with van der Waals surface area (Å²) in [6.45, 7) is 4.30. The summed E-state index contributed by atoms with van der Waals surface area (Å²) in [6.07, 6.45) is 1.53. The molecule has 0 saturated carbocycles. The van der Waals surface area contributed by atoms with Crippen molar-refractivity contribution in [2.24, 2.45) is 5.10 Å². The Morgan fingerprint density at radius 3 is 2.44 bits per heavy atom. The van der Waals surface area contributed by atoms with Gasteiger partial charge in [0.15, 0.2) is 11.5 Å². The molecule has 0 aliphatic carbocycles. The largest absolute Gasteiger partial charge is 0.493 e. The molecule has 4 rings (SSSR count). The molecule has 8 heteroatoms. The van der Waals surface area contributed by atoms with E-state index in [9.17, 15) is 9.18 Å². The lowest BCUT2D eigenvalue weighted by atomic mass is 10.2. The van der Waals surface area contributed by atoms with Crippen molar-refractivity contribution in [2.75, 3.05) is 7.11 Å². The molecule has 0 aliphatic heterocycles. The van der Waals surface area contributed by atoms with Crippen LogP contribution < -0.4 is 14.9 Å². The number of aryl methyl sites for hydroxylation is 2. The number of nitrogens with one attached hydrogen (secondary N) is 1. The minimum absolute atomic E-state index is 0.258. The first-order valence-electron chi connectivity index (χ1n) is 11.2. The van der Waals surface area contributed by atoms with Gasteiger partial charge in [0, 0.05) is 32.7 Å². The van der Waals surface area contributed by atoms with Crippen molar-refractivity contribution in [3.8, 4) is 17.2 Å². The number of carbonyl (C=O) groups is 1. The number of rotatable bonds is 8. The van der Waals surface area contributed by atoms with E-state index in [2.05, 4.69) is 31.0 Å². The number of carbonyl (C=O) groups excluding carboxylic acids is 1. The first-order valence-corrected chi connectivity index (χ1v) is 12.0. The summed E-state index contributed by atoms with van der Waals surface area (Å²) in [6, 6.07) is 21.1. The van der Waals surface area contributed by atoms with Crippen molar-refractivity contribution in [3.63, 3.8) is 0 Å². The molecule has 3 aromatic carbocycles. The Morgan fingerprint density at radius 1 is 1.03 bits per heavy atom. The second-order valence-electron chi connectivity index (χ2n) is 8.14. The summed E-state index contributed by atoms with van der Waals surface area (Å²) >= 11 is 3.51. The summed E-state index contributed by atoms with van der Waals surface area (Å²) in [5.41, 5.74) is 7.68. The van der Waals surface area contributed by atoms with Crippen LogP contribution in [0.4, 0.5) is 4.39 Å². The van der Waals surface area contributed by atoms with Gasteiger partial charge in [-0.25, -0.2) is 9.82 Å². The number of nitrogens with zero attached hydrogens (tertiary/aromatic N) is 2. The lowest BCUT2D eigenvalue weighted by Gasteiger charge is -2.13. The Hall–Kier alpha value is -3.91. The maximum absolute atomic E-state index is 13.1. The molecule has 0 saturated heterocycles. The van der Waals surface area contributed by atoms with E-state index in [1.54, 1.807) is 30.3 Å².